The Hall–Kier alpha value is -2.05. The van der Waals surface area contributed by atoms with Gasteiger partial charge in [0.2, 0.25) is 0 Å². The molecule has 0 aliphatic rings. The van der Waals surface area contributed by atoms with Gasteiger partial charge in [0.1, 0.15) is 0 Å². The maximum absolute atomic E-state index is 11.6. The minimum Gasteiger partial charge on any atom is -0.481 e. The molecular formula is C14H24N4O3. The van der Waals surface area contributed by atoms with E-state index in [9.17, 15) is 9.59 Å². The van der Waals surface area contributed by atoms with E-state index in [-0.39, 0.29) is 12.6 Å². The van der Waals surface area contributed by atoms with Crippen LogP contribution in [-0.4, -0.2) is 40.4 Å². The number of carbonyl (C=O) groups is 2. The van der Waals surface area contributed by atoms with E-state index in [4.69, 9.17) is 5.11 Å². The highest BCUT2D eigenvalue weighted by Gasteiger charge is 2.16. The van der Waals surface area contributed by atoms with Crippen molar-refractivity contribution in [2.75, 3.05) is 13.1 Å². The van der Waals surface area contributed by atoms with Crippen molar-refractivity contribution in [1.82, 2.24) is 20.8 Å². The van der Waals surface area contributed by atoms with Crippen LogP contribution >= 0.6 is 0 Å². The zero-order chi connectivity index (χ0) is 15.7. The van der Waals surface area contributed by atoms with E-state index < -0.39 is 11.9 Å². The van der Waals surface area contributed by atoms with Crippen LogP contribution in [0, 0.1) is 12.8 Å². The minimum absolute atomic E-state index is 0.163. The zero-order valence-electron chi connectivity index (χ0n) is 12.6. The largest absolute Gasteiger partial charge is 0.481 e. The number of H-pyrrole nitrogens is 1. The summed E-state index contributed by atoms with van der Waals surface area (Å²) in [5, 5.41) is 21.1. The molecule has 1 aromatic rings. The van der Waals surface area contributed by atoms with Gasteiger partial charge in [-0.3, -0.25) is 9.89 Å². The molecule has 0 spiro atoms. The third kappa shape index (κ3) is 6.29. The molecule has 1 rings (SSSR count). The van der Waals surface area contributed by atoms with Crippen molar-refractivity contribution in [3.8, 4) is 0 Å². The lowest BCUT2D eigenvalue weighted by molar-refractivity contribution is -0.141. The highest BCUT2D eigenvalue weighted by Crippen LogP contribution is 2.06. The topological polar surface area (TPSA) is 107 Å². The molecule has 0 aromatic carbocycles. The summed E-state index contributed by atoms with van der Waals surface area (Å²) in [4.78, 5) is 22.5. The van der Waals surface area contributed by atoms with Crippen LogP contribution in [0.1, 0.15) is 37.4 Å². The first kappa shape index (κ1) is 17.0. The summed E-state index contributed by atoms with van der Waals surface area (Å²) >= 11 is 0. The van der Waals surface area contributed by atoms with E-state index in [1.807, 2.05) is 13.8 Å². The SMILES string of the molecule is CCCC(CNC(=O)NCCCc1cn[nH]c1C)C(=O)O. The van der Waals surface area contributed by atoms with Gasteiger partial charge in [-0.25, -0.2) is 4.79 Å². The summed E-state index contributed by atoms with van der Waals surface area (Å²) in [5.74, 6) is -1.39. The summed E-state index contributed by atoms with van der Waals surface area (Å²) in [6.07, 6.45) is 4.79. The Kier molecular flexibility index (Phi) is 7.28. The monoisotopic (exact) mass is 296 g/mol. The third-order valence-electron chi connectivity index (χ3n) is 3.34. The third-order valence-corrected chi connectivity index (χ3v) is 3.34. The maximum atomic E-state index is 11.6. The summed E-state index contributed by atoms with van der Waals surface area (Å²) < 4.78 is 0. The zero-order valence-corrected chi connectivity index (χ0v) is 12.6. The fourth-order valence-electron chi connectivity index (χ4n) is 2.05. The van der Waals surface area contributed by atoms with E-state index in [1.54, 1.807) is 6.20 Å². The standard InChI is InChI=1S/C14H24N4O3/c1-3-5-12(13(19)20)8-16-14(21)15-7-4-6-11-9-17-18-10(11)2/h9,12H,3-8H2,1-2H3,(H,17,18)(H,19,20)(H2,15,16,21). The fraction of sp³-hybridized carbons (Fsp3) is 0.643. The lowest BCUT2D eigenvalue weighted by Crippen LogP contribution is -2.40. The molecule has 0 aliphatic carbocycles. The Morgan fingerprint density at radius 3 is 2.76 bits per heavy atom. The number of hydrogen-bond donors (Lipinski definition) is 4. The molecule has 7 nitrogen and oxygen atoms in total. The first-order chi connectivity index (χ1) is 10.0. The predicted octanol–water partition coefficient (Wildman–Crippen LogP) is 1.45. The number of nitrogens with zero attached hydrogens (tertiary/aromatic N) is 1. The Labute approximate surface area is 124 Å². The number of nitrogens with one attached hydrogen (secondary N) is 3. The van der Waals surface area contributed by atoms with Crippen LogP contribution < -0.4 is 10.6 Å². The molecular weight excluding hydrogens is 272 g/mol. The van der Waals surface area contributed by atoms with E-state index in [0.29, 0.717) is 13.0 Å². The maximum Gasteiger partial charge on any atom is 0.314 e. The van der Waals surface area contributed by atoms with Crippen molar-refractivity contribution in [3.05, 3.63) is 17.5 Å². The number of carbonyl (C=O) groups excluding carboxylic acids is 1. The molecule has 4 N–H and O–H groups in total. The first-order valence-electron chi connectivity index (χ1n) is 7.28. The van der Waals surface area contributed by atoms with Gasteiger partial charge in [0.05, 0.1) is 12.1 Å². The van der Waals surface area contributed by atoms with Crippen LogP contribution in [0.3, 0.4) is 0 Å². The van der Waals surface area contributed by atoms with Gasteiger partial charge < -0.3 is 15.7 Å². The number of aryl methyl sites for hydroxylation is 2. The normalized spacial score (nSPS) is 11.9. The molecule has 1 atom stereocenters. The van der Waals surface area contributed by atoms with Crippen molar-refractivity contribution in [2.45, 2.75) is 39.5 Å². The van der Waals surface area contributed by atoms with Gasteiger partial charge in [-0.1, -0.05) is 13.3 Å². The molecule has 1 unspecified atom stereocenters. The van der Waals surface area contributed by atoms with Gasteiger partial charge in [-0.15, -0.1) is 0 Å². The molecule has 0 radical (unpaired) electrons. The smallest absolute Gasteiger partial charge is 0.314 e. The van der Waals surface area contributed by atoms with E-state index in [1.165, 1.54) is 0 Å². The number of carboxylic acids is 1. The van der Waals surface area contributed by atoms with Gasteiger partial charge in [0, 0.05) is 18.8 Å². The lowest BCUT2D eigenvalue weighted by atomic mass is 10.0. The number of aromatic nitrogens is 2. The Morgan fingerprint density at radius 1 is 1.43 bits per heavy atom. The van der Waals surface area contributed by atoms with Crippen molar-refractivity contribution >= 4 is 12.0 Å². The lowest BCUT2D eigenvalue weighted by Gasteiger charge is -2.13. The average molecular weight is 296 g/mol. The van der Waals surface area contributed by atoms with Crippen LogP contribution in [0.4, 0.5) is 4.79 Å². The molecule has 1 aromatic heterocycles. The van der Waals surface area contributed by atoms with E-state index in [2.05, 4.69) is 20.8 Å². The highest BCUT2D eigenvalue weighted by atomic mass is 16.4. The second-order valence-electron chi connectivity index (χ2n) is 5.08. The number of amides is 2. The van der Waals surface area contributed by atoms with Crippen LogP contribution in [-0.2, 0) is 11.2 Å². The van der Waals surface area contributed by atoms with Gasteiger partial charge in [0.25, 0.3) is 0 Å². The number of carboxylic acid groups (broad SMARTS) is 1. The molecule has 118 valence electrons. The van der Waals surface area contributed by atoms with Crippen molar-refractivity contribution in [3.63, 3.8) is 0 Å². The molecule has 0 saturated heterocycles. The molecule has 21 heavy (non-hydrogen) atoms. The summed E-state index contributed by atoms with van der Waals surface area (Å²) in [5.41, 5.74) is 2.19. The molecule has 1 heterocycles. The predicted molar refractivity (Wildman–Crippen MR) is 79.1 cm³/mol. The molecule has 7 heteroatoms. The number of hydrogen-bond acceptors (Lipinski definition) is 3. The van der Waals surface area contributed by atoms with Gasteiger partial charge >= 0.3 is 12.0 Å². The molecule has 0 bridgehead atoms. The second-order valence-corrected chi connectivity index (χ2v) is 5.08. The number of aromatic amines is 1. The second kappa shape index (κ2) is 8.99. The van der Waals surface area contributed by atoms with Crippen molar-refractivity contribution in [1.29, 1.82) is 0 Å². The number of aliphatic carboxylic acids is 1. The molecule has 0 saturated carbocycles. The molecule has 2 amide bonds. The Balaban J connectivity index is 2.16. The number of urea groups is 1. The summed E-state index contributed by atoms with van der Waals surface area (Å²) in [7, 11) is 0. The van der Waals surface area contributed by atoms with Crippen LogP contribution in [0.25, 0.3) is 0 Å². The van der Waals surface area contributed by atoms with E-state index >= 15 is 0 Å². The first-order valence-corrected chi connectivity index (χ1v) is 7.28. The minimum atomic E-state index is -0.868. The highest BCUT2D eigenvalue weighted by molar-refractivity contribution is 5.75. The summed E-state index contributed by atoms with van der Waals surface area (Å²) in [6.45, 7) is 4.59. The van der Waals surface area contributed by atoms with Crippen LogP contribution in [0.2, 0.25) is 0 Å². The van der Waals surface area contributed by atoms with Crippen LogP contribution in [0.5, 0.6) is 0 Å². The van der Waals surface area contributed by atoms with Crippen molar-refractivity contribution < 1.29 is 14.7 Å². The van der Waals surface area contributed by atoms with Crippen LogP contribution in [0.15, 0.2) is 6.20 Å². The Morgan fingerprint density at radius 2 is 2.19 bits per heavy atom. The molecule has 0 fully saturated rings. The van der Waals surface area contributed by atoms with Gasteiger partial charge in [-0.05, 0) is 31.7 Å². The quantitative estimate of drug-likeness (QED) is 0.517. The number of rotatable bonds is 9. The van der Waals surface area contributed by atoms with Gasteiger partial charge in [0.15, 0.2) is 0 Å². The van der Waals surface area contributed by atoms with E-state index in [0.717, 1.165) is 30.5 Å². The fourth-order valence-corrected chi connectivity index (χ4v) is 2.05. The van der Waals surface area contributed by atoms with Crippen molar-refractivity contribution in [2.24, 2.45) is 5.92 Å². The molecule has 0 aliphatic heterocycles. The Bertz CT molecular complexity index is 459. The van der Waals surface area contributed by atoms with Gasteiger partial charge in [-0.2, -0.15) is 5.10 Å². The average Bonchev–Trinajstić information content (AvgIpc) is 2.84. The summed E-state index contributed by atoms with van der Waals surface area (Å²) in [6, 6.07) is -0.318.